The van der Waals surface area contributed by atoms with Gasteiger partial charge in [-0.15, -0.1) is 0 Å². The average Bonchev–Trinajstić information content (AvgIpc) is 2.40. The molecular formula is C15H22N2O3. The molecule has 20 heavy (non-hydrogen) atoms. The van der Waals surface area contributed by atoms with Gasteiger partial charge in [-0.3, -0.25) is 4.79 Å². The second kappa shape index (κ2) is 7.05. The quantitative estimate of drug-likeness (QED) is 0.704. The molecule has 0 saturated carbocycles. The smallest absolute Gasteiger partial charge is 0.329 e. The molecule has 1 rings (SSSR count). The molecule has 0 aliphatic carbocycles. The van der Waals surface area contributed by atoms with E-state index in [1.54, 1.807) is 0 Å². The van der Waals surface area contributed by atoms with Crippen molar-refractivity contribution in [1.29, 1.82) is 0 Å². The third-order valence-corrected chi connectivity index (χ3v) is 3.38. The van der Waals surface area contributed by atoms with Gasteiger partial charge in [-0.1, -0.05) is 43.7 Å². The number of aliphatic carboxylic acids is 1. The van der Waals surface area contributed by atoms with Crippen LogP contribution in [0.5, 0.6) is 0 Å². The zero-order chi connectivity index (χ0) is 15.2. The van der Waals surface area contributed by atoms with Gasteiger partial charge in [-0.25, -0.2) is 4.79 Å². The van der Waals surface area contributed by atoms with E-state index < -0.39 is 17.4 Å². The third kappa shape index (κ3) is 3.81. The van der Waals surface area contributed by atoms with Crippen molar-refractivity contribution in [1.82, 2.24) is 5.32 Å². The molecule has 2 atom stereocenters. The molecule has 2 unspecified atom stereocenters. The minimum atomic E-state index is -1.26. The third-order valence-electron chi connectivity index (χ3n) is 3.38. The summed E-state index contributed by atoms with van der Waals surface area (Å²) in [5.41, 5.74) is 5.20. The lowest BCUT2D eigenvalue weighted by atomic mass is 9.93. The molecule has 5 nitrogen and oxygen atoms in total. The highest BCUT2D eigenvalue weighted by Gasteiger charge is 2.35. The molecule has 0 aromatic heterocycles. The number of carbonyl (C=O) groups is 2. The van der Waals surface area contributed by atoms with E-state index in [-0.39, 0.29) is 12.5 Å². The molecule has 110 valence electrons. The number of carboxylic acids is 1. The molecule has 0 spiro atoms. The van der Waals surface area contributed by atoms with Crippen LogP contribution in [0.2, 0.25) is 0 Å². The van der Waals surface area contributed by atoms with Crippen molar-refractivity contribution in [3.8, 4) is 0 Å². The lowest BCUT2D eigenvalue weighted by Gasteiger charge is -2.28. The molecule has 1 aromatic carbocycles. The first-order valence-corrected chi connectivity index (χ1v) is 6.75. The van der Waals surface area contributed by atoms with Crippen LogP contribution in [0.25, 0.3) is 0 Å². The second-order valence-electron chi connectivity index (χ2n) is 5.08. The average molecular weight is 278 g/mol. The number of benzene rings is 1. The van der Waals surface area contributed by atoms with Crippen molar-refractivity contribution in [2.75, 3.05) is 6.54 Å². The molecule has 1 aromatic rings. The molecule has 0 heterocycles. The van der Waals surface area contributed by atoms with Crippen LogP contribution in [-0.4, -0.2) is 29.1 Å². The van der Waals surface area contributed by atoms with Gasteiger partial charge < -0.3 is 16.2 Å². The van der Waals surface area contributed by atoms with Crippen LogP contribution in [-0.2, 0) is 9.59 Å². The molecule has 1 amide bonds. The summed E-state index contributed by atoms with van der Waals surface area (Å²) in [6.45, 7) is 3.54. The Morgan fingerprint density at radius 2 is 1.95 bits per heavy atom. The van der Waals surface area contributed by atoms with Gasteiger partial charge in [0.1, 0.15) is 5.54 Å². The van der Waals surface area contributed by atoms with E-state index in [4.69, 9.17) is 5.73 Å². The summed E-state index contributed by atoms with van der Waals surface area (Å²) < 4.78 is 0. The van der Waals surface area contributed by atoms with Crippen LogP contribution in [0.4, 0.5) is 0 Å². The Kier molecular flexibility index (Phi) is 5.70. The van der Waals surface area contributed by atoms with Crippen LogP contribution in [0, 0.1) is 0 Å². The number of rotatable bonds is 7. The first kappa shape index (κ1) is 16.2. The van der Waals surface area contributed by atoms with Gasteiger partial charge in [0.05, 0.1) is 5.92 Å². The monoisotopic (exact) mass is 278 g/mol. The predicted octanol–water partition coefficient (Wildman–Crippen LogP) is 1.49. The van der Waals surface area contributed by atoms with Crippen molar-refractivity contribution in [3.05, 3.63) is 35.9 Å². The van der Waals surface area contributed by atoms with E-state index >= 15 is 0 Å². The molecule has 5 heteroatoms. The van der Waals surface area contributed by atoms with E-state index in [0.717, 1.165) is 5.56 Å². The fourth-order valence-corrected chi connectivity index (χ4v) is 2.16. The Hall–Kier alpha value is -1.88. The Labute approximate surface area is 119 Å². The summed E-state index contributed by atoms with van der Waals surface area (Å²) >= 11 is 0. The maximum Gasteiger partial charge on any atom is 0.329 e. The molecule has 0 bridgehead atoms. The molecule has 0 aliphatic rings. The van der Waals surface area contributed by atoms with Gasteiger partial charge in [0, 0.05) is 6.54 Å². The van der Waals surface area contributed by atoms with Crippen LogP contribution < -0.4 is 11.1 Å². The lowest BCUT2D eigenvalue weighted by molar-refractivity contribution is -0.147. The largest absolute Gasteiger partial charge is 0.480 e. The number of nitrogens with two attached hydrogens (primary N) is 1. The normalized spacial score (nSPS) is 15.2. The topological polar surface area (TPSA) is 92.4 Å². The van der Waals surface area contributed by atoms with Crippen LogP contribution in [0.1, 0.15) is 38.2 Å². The van der Waals surface area contributed by atoms with Gasteiger partial charge in [0.15, 0.2) is 0 Å². The fourth-order valence-electron chi connectivity index (χ4n) is 2.16. The zero-order valence-corrected chi connectivity index (χ0v) is 11.9. The van der Waals surface area contributed by atoms with E-state index in [9.17, 15) is 14.7 Å². The molecule has 0 aliphatic heterocycles. The fraction of sp³-hybridized carbons (Fsp3) is 0.467. The molecule has 4 N–H and O–H groups in total. The minimum Gasteiger partial charge on any atom is -0.480 e. The number of nitrogens with one attached hydrogen (secondary N) is 1. The summed E-state index contributed by atoms with van der Waals surface area (Å²) in [7, 11) is 0. The summed E-state index contributed by atoms with van der Waals surface area (Å²) in [6.07, 6.45) is 1.04. The maximum atomic E-state index is 12.3. The van der Waals surface area contributed by atoms with Gasteiger partial charge in [-0.2, -0.15) is 0 Å². The van der Waals surface area contributed by atoms with Crippen molar-refractivity contribution in [3.63, 3.8) is 0 Å². The highest BCUT2D eigenvalue weighted by atomic mass is 16.4. The molecule has 0 fully saturated rings. The van der Waals surface area contributed by atoms with Crippen molar-refractivity contribution in [2.24, 2.45) is 5.73 Å². The Morgan fingerprint density at radius 1 is 1.35 bits per heavy atom. The summed E-state index contributed by atoms with van der Waals surface area (Å²) in [4.78, 5) is 23.7. The Morgan fingerprint density at radius 3 is 2.40 bits per heavy atom. The van der Waals surface area contributed by atoms with Gasteiger partial charge >= 0.3 is 5.97 Å². The van der Waals surface area contributed by atoms with Crippen molar-refractivity contribution in [2.45, 2.75) is 38.1 Å². The number of hydrogen-bond donors (Lipinski definition) is 3. The number of amides is 1. The minimum absolute atomic E-state index is 0.137. The first-order valence-electron chi connectivity index (χ1n) is 6.75. The Bertz CT molecular complexity index is 461. The van der Waals surface area contributed by atoms with Gasteiger partial charge in [0.2, 0.25) is 5.91 Å². The molecule has 0 saturated heterocycles. The maximum absolute atomic E-state index is 12.3. The van der Waals surface area contributed by atoms with Crippen LogP contribution in [0.3, 0.4) is 0 Å². The number of carboxylic acid groups (broad SMARTS) is 1. The number of carbonyl (C=O) groups excluding carboxylic acids is 1. The standard InChI is InChI=1S/C15H22N2O3/c1-3-9-15(2,14(19)20)17-13(18)12(10-16)11-7-5-4-6-8-11/h4-8,12H,3,9-10,16H2,1-2H3,(H,17,18)(H,19,20). The number of hydrogen-bond acceptors (Lipinski definition) is 3. The lowest BCUT2D eigenvalue weighted by Crippen LogP contribution is -2.54. The highest BCUT2D eigenvalue weighted by Crippen LogP contribution is 2.18. The summed E-state index contributed by atoms with van der Waals surface area (Å²) in [6, 6.07) is 9.14. The van der Waals surface area contributed by atoms with Crippen molar-refractivity contribution < 1.29 is 14.7 Å². The molecule has 0 radical (unpaired) electrons. The predicted molar refractivity (Wildman–Crippen MR) is 77.3 cm³/mol. The summed E-state index contributed by atoms with van der Waals surface area (Å²) in [5.74, 6) is -1.92. The van der Waals surface area contributed by atoms with E-state index in [1.165, 1.54) is 6.92 Å². The SMILES string of the molecule is CCCC(C)(NC(=O)C(CN)c1ccccc1)C(=O)O. The summed E-state index contributed by atoms with van der Waals surface area (Å²) in [5, 5.41) is 11.9. The van der Waals surface area contributed by atoms with Crippen LogP contribution in [0.15, 0.2) is 30.3 Å². The van der Waals surface area contributed by atoms with Crippen molar-refractivity contribution >= 4 is 11.9 Å². The zero-order valence-electron chi connectivity index (χ0n) is 11.9. The molecular weight excluding hydrogens is 256 g/mol. The van der Waals surface area contributed by atoms with E-state index in [1.807, 2.05) is 37.3 Å². The first-order chi connectivity index (χ1) is 9.44. The van der Waals surface area contributed by atoms with Crippen LogP contribution >= 0.6 is 0 Å². The Balaban J connectivity index is 2.90. The van der Waals surface area contributed by atoms with E-state index in [2.05, 4.69) is 5.32 Å². The van der Waals surface area contributed by atoms with Gasteiger partial charge in [0.25, 0.3) is 0 Å². The second-order valence-corrected chi connectivity index (χ2v) is 5.08. The van der Waals surface area contributed by atoms with Gasteiger partial charge in [-0.05, 0) is 18.9 Å². The van der Waals surface area contributed by atoms with E-state index in [0.29, 0.717) is 12.8 Å². The highest BCUT2D eigenvalue weighted by molar-refractivity contribution is 5.90.